The fraction of sp³-hybridized carbons (Fsp3) is 0.556. The summed E-state index contributed by atoms with van der Waals surface area (Å²) in [7, 11) is 0. The zero-order valence-corrected chi connectivity index (χ0v) is 14.3. The van der Waals surface area contributed by atoms with E-state index in [-0.39, 0.29) is 0 Å². The van der Waals surface area contributed by atoms with Crippen LogP contribution < -0.4 is 5.32 Å². The van der Waals surface area contributed by atoms with Crippen molar-refractivity contribution in [3.8, 4) is 0 Å². The number of furan rings is 1. The summed E-state index contributed by atoms with van der Waals surface area (Å²) in [5.41, 5.74) is 2.38. The van der Waals surface area contributed by atoms with Crippen LogP contribution in [0.15, 0.2) is 28.7 Å². The van der Waals surface area contributed by atoms with Gasteiger partial charge in [-0.05, 0) is 31.7 Å². The summed E-state index contributed by atoms with van der Waals surface area (Å²) in [6.07, 6.45) is 6.83. The summed E-state index contributed by atoms with van der Waals surface area (Å²) < 4.78 is 6.06. The highest BCUT2D eigenvalue weighted by Crippen LogP contribution is 2.27. The van der Waals surface area contributed by atoms with Gasteiger partial charge < -0.3 is 9.73 Å². The van der Waals surface area contributed by atoms with E-state index in [2.05, 4.69) is 43.6 Å². The highest BCUT2D eigenvalue weighted by molar-refractivity contribution is 7.99. The highest BCUT2D eigenvalue weighted by atomic mass is 32.2. The van der Waals surface area contributed by atoms with E-state index in [1.54, 1.807) is 0 Å². The number of thioether (sulfide) groups is 1. The number of rotatable bonds is 9. The van der Waals surface area contributed by atoms with Gasteiger partial charge in [-0.15, -0.1) is 0 Å². The van der Waals surface area contributed by atoms with Crippen LogP contribution in [0, 0.1) is 0 Å². The molecule has 2 rings (SSSR count). The van der Waals surface area contributed by atoms with E-state index in [4.69, 9.17) is 4.42 Å². The molecule has 1 aromatic carbocycles. The smallest absolute Gasteiger partial charge is 0.134 e. The van der Waals surface area contributed by atoms with E-state index in [1.807, 2.05) is 17.8 Å². The molecule has 0 aliphatic rings. The number of unbranched alkanes of at least 4 members (excludes halogenated alkanes) is 1. The Hall–Kier alpha value is -0.930. The molecule has 21 heavy (non-hydrogen) atoms. The molecule has 0 fully saturated rings. The highest BCUT2D eigenvalue weighted by Gasteiger charge is 2.13. The topological polar surface area (TPSA) is 25.2 Å². The van der Waals surface area contributed by atoms with Gasteiger partial charge >= 0.3 is 0 Å². The first-order chi connectivity index (χ1) is 10.3. The molecule has 1 aromatic heterocycles. The summed E-state index contributed by atoms with van der Waals surface area (Å²) >= 11 is 1.93. The van der Waals surface area contributed by atoms with Crippen molar-refractivity contribution in [3.05, 3.63) is 35.6 Å². The van der Waals surface area contributed by atoms with Crippen LogP contribution in [0.2, 0.25) is 0 Å². The standard InChI is InChI=1S/C18H27NOS/c1-4-5-9-18-16(13-19-12-11-14(2)21-3)15-8-6-7-10-17(15)20-18/h6-8,10,14,19H,4-5,9,11-13H2,1-3H3. The van der Waals surface area contributed by atoms with Gasteiger partial charge in [-0.3, -0.25) is 0 Å². The molecule has 0 spiro atoms. The molecular weight excluding hydrogens is 278 g/mol. The van der Waals surface area contributed by atoms with Gasteiger partial charge in [0.1, 0.15) is 11.3 Å². The van der Waals surface area contributed by atoms with Crippen LogP contribution >= 0.6 is 11.8 Å². The third-order valence-corrected chi connectivity index (χ3v) is 5.01. The first-order valence-electron chi connectivity index (χ1n) is 7.99. The second-order valence-corrected chi connectivity index (χ2v) is 6.89. The van der Waals surface area contributed by atoms with E-state index in [0.717, 1.165) is 30.3 Å². The van der Waals surface area contributed by atoms with Crippen molar-refractivity contribution >= 4 is 22.7 Å². The van der Waals surface area contributed by atoms with Gasteiger partial charge in [-0.25, -0.2) is 0 Å². The van der Waals surface area contributed by atoms with Gasteiger partial charge in [0.2, 0.25) is 0 Å². The van der Waals surface area contributed by atoms with Crippen molar-refractivity contribution in [2.24, 2.45) is 0 Å². The number of aryl methyl sites for hydroxylation is 1. The maximum Gasteiger partial charge on any atom is 0.134 e. The summed E-state index contributed by atoms with van der Waals surface area (Å²) in [6, 6.07) is 8.40. The van der Waals surface area contributed by atoms with Crippen LogP contribution in [-0.4, -0.2) is 18.1 Å². The maximum absolute atomic E-state index is 6.06. The van der Waals surface area contributed by atoms with Crippen LogP contribution in [-0.2, 0) is 13.0 Å². The van der Waals surface area contributed by atoms with Crippen LogP contribution in [0.5, 0.6) is 0 Å². The fourth-order valence-corrected chi connectivity index (χ4v) is 2.87. The monoisotopic (exact) mass is 305 g/mol. The van der Waals surface area contributed by atoms with E-state index in [0.29, 0.717) is 0 Å². The van der Waals surface area contributed by atoms with E-state index >= 15 is 0 Å². The molecule has 1 N–H and O–H groups in total. The SMILES string of the molecule is CCCCc1oc2ccccc2c1CNCCC(C)SC. The lowest BCUT2D eigenvalue weighted by Gasteiger charge is -2.09. The molecular formula is C18H27NOS. The van der Waals surface area contributed by atoms with E-state index in [1.165, 1.54) is 36.0 Å². The summed E-state index contributed by atoms with van der Waals surface area (Å²) in [6.45, 7) is 6.49. The molecule has 0 aliphatic carbocycles. The van der Waals surface area contributed by atoms with Crippen molar-refractivity contribution in [1.29, 1.82) is 0 Å². The molecule has 0 amide bonds. The van der Waals surface area contributed by atoms with Gasteiger partial charge in [-0.2, -0.15) is 11.8 Å². The lowest BCUT2D eigenvalue weighted by Crippen LogP contribution is -2.18. The molecule has 3 heteroatoms. The van der Waals surface area contributed by atoms with E-state index < -0.39 is 0 Å². The Bertz CT molecular complexity index is 549. The normalized spacial score (nSPS) is 12.9. The Labute approximate surface area is 132 Å². The molecule has 1 unspecified atom stereocenters. The molecule has 2 nitrogen and oxygen atoms in total. The molecule has 1 heterocycles. The number of benzene rings is 1. The predicted octanol–water partition coefficient (Wildman–Crippen LogP) is 5.01. The van der Waals surface area contributed by atoms with Gasteiger partial charge in [0.05, 0.1) is 0 Å². The summed E-state index contributed by atoms with van der Waals surface area (Å²) in [5.74, 6) is 1.17. The van der Waals surface area contributed by atoms with Gasteiger partial charge in [0, 0.05) is 29.2 Å². The van der Waals surface area contributed by atoms with Crippen molar-refractivity contribution < 1.29 is 4.42 Å². The second kappa shape index (κ2) is 8.50. The minimum atomic E-state index is 0.721. The molecule has 116 valence electrons. The minimum absolute atomic E-state index is 0.721. The number of para-hydroxylation sites is 1. The van der Waals surface area contributed by atoms with Gasteiger partial charge in [0.25, 0.3) is 0 Å². The fourth-order valence-electron chi connectivity index (χ4n) is 2.52. The first-order valence-corrected chi connectivity index (χ1v) is 9.27. The lowest BCUT2D eigenvalue weighted by molar-refractivity contribution is 0.524. The predicted molar refractivity (Wildman–Crippen MR) is 94.1 cm³/mol. The second-order valence-electron chi connectivity index (χ2n) is 5.62. The van der Waals surface area contributed by atoms with Crippen molar-refractivity contribution in [2.45, 2.75) is 51.3 Å². The van der Waals surface area contributed by atoms with Crippen LogP contribution in [0.3, 0.4) is 0 Å². The number of fused-ring (bicyclic) bond motifs is 1. The molecule has 1 atom stereocenters. The maximum atomic E-state index is 6.06. The van der Waals surface area contributed by atoms with Crippen molar-refractivity contribution in [3.63, 3.8) is 0 Å². The molecule has 0 saturated carbocycles. The zero-order valence-electron chi connectivity index (χ0n) is 13.4. The van der Waals surface area contributed by atoms with Crippen LogP contribution in [0.1, 0.15) is 44.4 Å². The number of nitrogens with one attached hydrogen (secondary N) is 1. The van der Waals surface area contributed by atoms with Gasteiger partial charge in [0.15, 0.2) is 0 Å². The molecule has 2 aromatic rings. The first kappa shape index (κ1) is 16.4. The Morgan fingerprint density at radius 1 is 1.29 bits per heavy atom. The number of hydrogen-bond donors (Lipinski definition) is 1. The van der Waals surface area contributed by atoms with Crippen LogP contribution in [0.4, 0.5) is 0 Å². The Kier molecular flexibility index (Phi) is 6.65. The average Bonchev–Trinajstić information content (AvgIpc) is 2.87. The summed E-state index contributed by atoms with van der Waals surface area (Å²) in [5, 5.41) is 5.58. The summed E-state index contributed by atoms with van der Waals surface area (Å²) in [4.78, 5) is 0. The average molecular weight is 305 g/mol. The van der Waals surface area contributed by atoms with Gasteiger partial charge in [-0.1, -0.05) is 38.5 Å². The van der Waals surface area contributed by atoms with Crippen LogP contribution in [0.25, 0.3) is 11.0 Å². The molecule has 0 radical (unpaired) electrons. The third kappa shape index (κ3) is 4.52. The largest absolute Gasteiger partial charge is 0.461 e. The van der Waals surface area contributed by atoms with Crippen molar-refractivity contribution in [1.82, 2.24) is 5.32 Å². The zero-order chi connectivity index (χ0) is 15.1. The number of hydrogen-bond acceptors (Lipinski definition) is 3. The quantitative estimate of drug-likeness (QED) is 0.659. The minimum Gasteiger partial charge on any atom is -0.461 e. The third-order valence-electron chi connectivity index (χ3n) is 3.97. The van der Waals surface area contributed by atoms with Crippen molar-refractivity contribution in [2.75, 3.05) is 12.8 Å². The Balaban J connectivity index is 2.05. The Morgan fingerprint density at radius 2 is 2.10 bits per heavy atom. The molecule has 0 saturated heterocycles. The molecule has 0 bridgehead atoms. The van der Waals surface area contributed by atoms with E-state index in [9.17, 15) is 0 Å². The lowest BCUT2D eigenvalue weighted by atomic mass is 10.1. The molecule has 0 aliphatic heterocycles. The Morgan fingerprint density at radius 3 is 2.86 bits per heavy atom.